The highest BCUT2D eigenvalue weighted by Gasteiger charge is 2.31. The van der Waals surface area contributed by atoms with Crippen LogP contribution in [0.4, 0.5) is 0 Å². The van der Waals surface area contributed by atoms with E-state index >= 15 is 0 Å². The molecule has 0 bridgehead atoms. The fraction of sp³-hybridized carbons (Fsp3) is 0.600. The summed E-state index contributed by atoms with van der Waals surface area (Å²) in [5, 5.41) is 0.752. The van der Waals surface area contributed by atoms with E-state index in [1.165, 1.54) is 0 Å². The summed E-state index contributed by atoms with van der Waals surface area (Å²) in [6.45, 7) is 15.3. The lowest BCUT2D eigenvalue weighted by molar-refractivity contribution is 0.0550. The van der Waals surface area contributed by atoms with Gasteiger partial charge in [-0.1, -0.05) is 29.8 Å². The molecule has 2 atom stereocenters. The standard InChI is InChI=1S/C15H27ClO2Si2/c1-12(17-19(2,3)4)15(18-20(5,6)7)13-10-8-9-11-14(13)16/h8-12,15H,1-7H3. The molecule has 0 aromatic heterocycles. The maximum atomic E-state index is 6.36. The molecule has 0 aliphatic heterocycles. The molecule has 20 heavy (non-hydrogen) atoms. The van der Waals surface area contributed by atoms with Gasteiger partial charge in [-0.25, -0.2) is 0 Å². The van der Waals surface area contributed by atoms with Crippen LogP contribution in [0, 0.1) is 0 Å². The molecule has 0 N–H and O–H groups in total. The maximum absolute atomic E-state index is 6.36. The van der Waals surface area contributed by atoms with E-state index in [9.17, 15) is 0 Å². The molecule has 1 rings (SSSR count). The van der Waals surface area contributed by atoms with Crippen LogP contribution >= 0.6 is 11.6 Å². The summed E-state index contributed by atoms with van der Waals surface area (Å²) in [5.74, 6) is 0. The Morgan fingerprint density at radius 1 is 0.900 bits per heavy atom. The van der Waals surface area contributed by atoms with Gasteiger partial charge in [-0.05, 0) is 52.3 Å². The van der Waals surface area contributed by atoms with Gasteiger partial charge in [0.25, 0.3) is 0 Å². The molecule has 0 amide bonds. The van der Waals surface area contributed by atoms with E-state index in [1.807, 2.05) is 24.3 Å². The third-order valence-corrected chi connectivity index (χ3v) is 5.04. The molecule has 0 aliphatic rings. The van der Waals surface area contributed by atoms with Crippen molar-refractivity contribution < 1.29 is 8.85 Å². The Hall–Kier alpha value is -0.136. The lowest BCUT2D eigenvalue weighted by Crippen LogP contribution is -2.38. The second kappa shape index (κ2) is 6.75. The molecule has 1 aromatic carbocycles. The van der Waals surface area contributed by atoms with Crippen LogP contribution < -0.4 is 0 Å². The number of benzene rings is 1. The molecule has 114 valence electrons. The van der Waals surface area contributed by atoms with Gasteiger partial charge in [-0.15, -0.1) is 0 Å². The number of rotatable bonds is 6. The van der Waals surface area contributed by atoms with E-state index in [2.05, 4.69) is 46.2 Å². The quantitative estimate of drug-likeness (QED) is 0.643. The monoisotopic (exact) mass is 330 g/mol. The second-order valence-corrected chi connectivity index (χ2v) is 16.4. The van der Waals surface area contributed by atoms with Crippen molar-refractivity contribution in [3.05, 3.63) is 34.9 Å². The lowest BCUT2D eigenvalue weighted by Gasteiger charge is -2.35. The average Bonchev–Trinajstić information content (AvgIpc) is 2.23. The molecule has 0 heterocycles. The van der Waals surface area contributed by atoms with Crippen LogP contribution in [0.1, 0.15) is 18.6 Å². The normalized spacial score (nSPS) is 16.0. The number of hydrogen-bond acceptors (Lipinski definition) is 2. The van der Waals surface area contributed by atoms with Gasteiger partial charge in [0, 0.05) is 10.6 Å². The summed E-state index contributed by atoms with van der Waals surface area (Å²) in [6.07, 6.45) is -0.0876. The van der Waals surface area contributed by atoms with Gasteiger partial charge in [-0.3, -0.25) is 0 Å². The van der Waals surface area contributed by atoms with Crippen molar-refractivity contribution in [3.63, 3.8) is 0 Å². The van der Waals surface area contributed by atoms with Crippen LogP contribution in [-0.2, 0) is 8.85 Å². The van der Waals surface area contributed by atoms with Crippen LogP contribution in [0.25, 0.3) is 0 Å². The highest BCUT2D eigenvalue weighted by atomic mass is 35.5. The maximum Gasteiger partial charge on any atom is 0.184 e. The minimum Gasteiger partial charge on any atom is -0.412 e. The highest BCUT2D eigenvalue weighted by molar-refractivity contribution is 6.70. The van der Waals surface area contributed by atoms with Crippen LogP contribution in [0.3, 0.4) is 0 Å². The zero-order valence-electron chi connectivity index (χ0n) is 13.7. The predicted octanol–water partition coefficient (Wildman–Crippen LogP) is 5.47. The Morgan fingerprint density at radius 2 is 1.40 bits per heavy atom. The fourth-order valence-corrected chi connectivity index (χ4v) is 4.68. The smallest absolute Gasteiger partial charge is 0.184 e. The molecule has 1 aromatic rings. The predicted molar refractivity (Wildman–Crippen MR) is 92.5 cm³/mol. The van der Waals surface area contributed by atoms with Crippen molar-refractivity contribution in [1.82, 2.24) is 0 Å². The first-order valence-electron chi connectivity index (χ1n) is 7.10. The summed E-state index contributed by atoms with van der Waals surface area (Å²) in [6, 6.07) is 7.90. The minimum absolute atomic E-state index is 0.00768. The Labute approximate surface area is 130 Å². The van der Waals surface area contributed by atoms with E-state index in [1.54, 1.807) is 0 Å². The summed E-state index contributed by atoms with van der Waals surface area (Å²) < 4.78 is 12.6. The fourth-order valence-electron chi connectivity index (χ4n) is 2.12. The summed E-state index contributed by atoms with van der Waals surface area (Å²) >= 11 is 6.35. The molecule has 0 aliphatic carbocycles. The first-order chi connectivity index (χ1) is 8.99. The first-order valence-corrected chi connectivity index (χ1v) is 14.3. The Balaban J connectivity index is 3.06. The average molecular weight is 331 g/mol. The lowest BCUT2D eigenvalue weighted by atomic mass is 10.1. The van der Waals surface area contributed by atoms with Gasteiger partial charge < -0.3 is 8.85 Å². The van der Waals surface area contributed by atoms with Crippen molar-refractivity contribution in [1.29, 1.82) is 0 Å². The van der Waals surface area contributed by atoms with Crippen LogP contribution in [-0.4, -0.2) is 22.7 Å². The number of halogens is 1. The van der Waals surface area contributed by atoms with E-state index < -0.39 is 16.6 Å². The zero-order chi connectivity index (χ0) is 15.6. The van der Waals surface area contributed by atoms with Gasteiger partial charge >= 0.3 is 0 Å². The summed E-state index contributed by atoms with van der Waals surface area (Å²) in [4.78, 5) is 0. The van der Waals surface area contributed by atoms with Gasteiger partial charge in [0.2, 0.25) is 0 Å². The third kappa shape index (κ3) is 6.10. The zero-order valence-corrected chi connectivity index (χ0v) is 16.4. The Bertz CT molecular complexity index is 438. The van der Waals surface area contributed by atoms with Crippen LogP contribution in [0.2, 0.25) is 44.3 Å². The summed E-state index contributed by atoms with van der Waals surface area (Å²) in [7, 11) is -3.30. The third-order valence-electron chi connectivity index (χ3n) is 2.66. The van der Waals surface area contributed by atoms with Crippen LogP contribution in [0.5, 0.6) is 0 Å². The van der Waals surface area contributed by atoms with E-state index in [0.29, 0.717) is 0 Å². The van der Waals surface area contributed by atoms with Crippen molar-refractivity contribution >= 4 is 28.2 Å². The molecule has 0 radical (unpaired) electrons. The minimum atomic E-state index is -1.69. The molecule has 2 unspecified atom stereocenters. The molecular formula is C15H27ClO2Si2. The SMILES string of the molecule is CC(O[Si](C)(C)C)C(O[Si](C)(C)C)c1ccccc1Cl. The van der Waals surface area contributed by atoms with Crippen molar-refractivity contribution in [3.8, 4) is 0 Å². The van der Waals surface area contributed by atoms with Gasteiger partial charge in [0.1, 0.15) is 0 Å². The largest absolute Gasteiger partial charge is 0.412 e. The summed E-state index contributed by atoms with van der Waals surface area (Å²) in [5.41, 5.74) is 1.03. The van der Waals surface area contributed by atoms with Crippen molar-refractivity contribution in [2.45, 2.75) is 58.4 Å². The molecular weight excluding hydrogens is 304 g/mol. The second-order valence-electron chi connectivity index (χ2n) is 7.11. The van der Waals surface area contributed by atoms with Gasteiger partial charge in [-0.2, -0.15) is 0 Å². The first kappa shape index (κ1) is 17.9. The van der Waals surface area contributed by atoms with E-state index in [4.69, 9.17) is 20.5 Å². The topological polar surface area (TPSA) is 18.5 Å². The molecule has 0 saturated carbocycles. The molecule has 5 heteroatoms. The molecule has 2 nitrogen and oxygen atoms in total. The van der Waals surface area contributed by atoms with E-state index in [0.717, 1.165) is 10.6 Å². The van der Waals surface area contributed by atoms with Crippen LogP contribution in [0.15, 0.2) is 24.3 Å². The Morgan fingerprint density at radius 3 is 1.85 bits per heavy atom. The number of hydrogen-bond donors (Lipinski definition) is 0. The van der Waals surface area contributed by atoms with Gasteiger partial charge in [0.05, 0.1) is 12.2 Å². The molecule has 0 spiro atoms. The molecule has 0 fully saturated rings. The van der Waals surface area contributed by atoms with Crippen molar-refractivity contribution in [2.24, 2.45) is 0 Å². The van der Waals surface area contributed by atoms with E-state index in [-0.39, 0.29) is 12.2 Å². The van der Waals surface area contributed by atoms with Crippen molar-refractivity contribution in [2.75, 3.05) is 0 Å². The molecule has 0 saturated heterocycles. The van der Waals surface area contributed by atoms with Gasteiger partial charge in [0.15, 0.2) is 16.6 Å². The highest BCUT2D eigenvalue weighted by Crippen LogP contribution is 2.33. The Kier molecular flexibility index (Phi) is 6.05.